The molecule has 0 fully saturated rings. The first-order valence-electron chi connectivity index (χ1n) is 6.77. The van der Waals surface area contributed by atoms with E-state index in [1.165, 1.54) is 5.56 Å². The molecule has 106 valence electrons. The zero-order valence-corrected chi connectivity index (χ0v) is 12.8. The second-order valence-corrected chi connectivity index (χ2v) is 5.44. The summed E-state index contributed by atoms with van der Waals surface area (Å²) in [6.45, 7) is 2.19. The summed E-state index contributed by atoms with van der Waals surface area (Å²) in [5, 5.41) is 8.54. The first-order chi connectivity index (χ1) is 9.49. The van der Waals surface area contributed by atoms with Crippen LogP contribution in [-0.4, -0.2) is 43.3 Å². The molecule has 0 saturated carbocycles. The molecule has 1 heterocycles. The maximum absolute atomic E-state index is 4.31. The van der Waals surface area contributed by atoms with Gasteiger partial charge in [-0.2, -0.15) is 0 Å². The first kappa shape index (κ1) is 14.5. The van der Waals surface area contributed by atoms with Crippen molar-refractivity contribution in [2.45, 2.75) is 13.0 Å². The van der Waals surface area contributed by atoms with Crippen molar-refractivity contribution in [1.29, 1.82) is 0 Å². The molecule has 1 aromatic heterocycles. The molecular formula is C16H22N4. The summed E-state index contributed by atoms with van der Waals surface area (Å²) in [6.07, 6.45) is 0. The van der Waals surface area contributed by atoms with Crippen molar-refractivity contribution >= 4 is 5.82 Å². The van der Waals surface area contributed by atoms with Gasteiger partial charge in [-0.3, -0.25) is 0 Å². The molecule has 0 N–H and O–H groups in total. The lowest BCUT2D eigenvalue weighted by atomic mass is 10.0. The highest BCUT2D eigenvalue weighted by Crippen LogP contribution is 2.24. The summed E-state index contributed by atoms with van der Waals surface area (Å²) in [7, 11) is 8.10. The second-order valence-electron chi connectivity index (χ2n) is 5.44. The van der Waals surface area contributed by atoms with Crippen molar-refractivity contribution in [2.75, 3.05) is 33.1 Å². The van der Waals surface area contributed by atoms with Crippen LogP contribution >= 0.6 is 0 Å². The van der Waals surface area contributed by atoms with Gasteiger partial charge in [0, 0.05) is 25.7 Å². The van der Waals surface area contributed by atoms with E-state index in [9.17, 15) is 0 Å². The molecular weight excluding hydrogens is 248 g/mol. The highest BCUT2D eigenvalue weighted by molar-refractivity contribution is 5.60. The summed E-state index contributed by atoms with van der Waals surface area (Å²) in [6, 6.07) is 12.9. The molecule has 0 aliphatic carbocycles. The Hall–Kier alpha value is -1.94. The van der Waals surface area contributed by atoms with Crippen LogP contribution in [0.25, 0.3) is 11.3 Å². The van der Waals surface area contributed by atoms with Gasteiger partial charge in [0.25, 0.3) is 0 Å². The molecule has 1 aromatic carbocycles. The molecule has 2 aromatic rings. The summed E-state index contributed by atoms with van der Waals surface area (Å²) in [4.78, 5) is 4.14. The van der Waals surface area contributed by atoms with Crippen molar-refractivity contribution in [2.24, 2.45) is 0 Å². The number of hydrogen-bond acceptors (Lipinski definition) is 4. The van der Waals surface area contributed by atoms with E-state index in [1.54, 1.807) is 0 Å². The molecule has 1 atom stereocenters. The average Bonchev–Trinajstić information content (AvgIpc) is 2.46. The van der Waals surface area contributed by atoms with Crippen LogP contribution in [0.2, 0.25) is 0 Å². The van der Waals surface area contributed by atoms with Crippen molar-refractivity contribution in [3.8, 4) is 11.3 Å². The van der Waals surface area contributed by atoms with Gasteiger partial charge in [-0.25, -0.2) is 0 Å². The number of rotatable bonds is 4. The third-order valence-electron chi connectivity index (χ3n) is 3.55. The maximum atomic E-state index is 4.31. The smallest absolute Gasteiger partial charge is 0.150 e. The van der Waals surface area contributed by atoms with E-state index in [1.807, 2.05) is 31.1 Å². The van der Waals surface area contributed by atoms with Crippen molar-refractivity contribution in [1.82, 2.24) is 15.1 Å². The summed E-state index contributed by atoms with van der Waals surface area (Å²) < 4.78 is 0. The van der Waals surface area contributed by atoms with Crippen LogP contribution < -0.4 is 4.90 Å². The van der Waals surface area contributed by atoms with Gasteiger partial charge in [-0.15, -0.1) is 10.2 Å². The fourth-order valence-corrected chi connectivity index (χ4v) is 1.97. The fourth-order valence-electron chi connectivity index (χ4n) is 1.97. The van der Waals surface area contributed by atoms with Crippen LogP contribution in [0.1, 0.15) is 18.5 Å². The van der Waals surface area contributed by atoms with Crippen molar-refractivity contribution < 1.29 is 0 Å². The predicted molar refractivity (Wildman–Crippen MR) is 83.9 cm³/mol. The van der Waals surface area contributed by atoms with Crippen LogP contribution in [0.4, 0.5) is 5.82 Å². The Morgan fingerprint density at radius 3 is 2.25 bits per heavy atom. The number of benzene rings is 1. The standard InChI is InChI=1S/C16H22N4/c1-12(19(2)3)13-7-6-8-14(11-13)15-9-10-16(18-17-15)20(4)5/h6-12H,1-5H3/t12-/m1/s1. The molecule has 0 bridgehead atoms. The third kappa shape index (κ3) is 3.14. The molecule has 0 unspecified atom stereocenters. The van der Waals surface area contributed by atoms with Crippen LogP contribution in [0.5, 0.6) is 0 Å². The highest BCUT2D eigenvalue weighted by Gasteiger charge is 2.09. The number of hydrogen-bond donors (Lipinski definition) is 0. The van der Waals surface area contributed by atoms with Crippen LogP contribution in [0.15, 0.2) is 36.4 Å². The van der Waals surface area contributed by atoms with E-state index in [4.69, 9.17) is 0 Å². The topological polar surface area (TPSA) is 32.3 Å². The van der Waals surface area contributed by atoms with Gasteiger partial charge in [0.1, 0.15) is 0 Å². The monoisotopic (exact) mass is 270 g/mol. The highest BCUT2D eigenvalue weighted by atomic mass is 15.2. The minimum Gasteiger partial charge on any atom is -0.361 e. The lowest BCUT2D eigenvalue weighted by Gasteiger charge is -2.20. The zero-order valence-electron chi connectivity index (χ0n) is 12.8. The van der Waals surface area contributed by atoms with Gasteiger partial charge in [0.15, 0.2) is 5.82 Å². The number of aromatic nitrogens is 2. The normalized spacial score (nSPS) is 12.5. The molecule has 0 saturated heterocycles. The predicted octanol–water partition coefficient (Wildman–Crippen LogP) is 2.83. The fraction of sp³-hybridized carbons (Fsp3) is 0.375. The van der Waals surface area contributed by atoms with Gasteiger partial charge in [-0.05, 0) is 44.8 Å². The Morgan fingerprint density at radius 2 is 1.70 bits per heavy atom. The minimum absolute atomic E-state index is 0.379. The maximum Gasteiger partial charge on any atom is 0.150 e. The molecule has 0 aliphatic rings. The van der Waals surface area contributed by atoms with Crippen LogP contribution in [-0.2, 0) is 0 Å². The molecule has 4 heteroatoms. The van der Waals surface area contributed by atoms with Gasteiger partial charge >= 0.3 is 0 Å². The third-order valence-corrected chi connectivity index (χ3v) is 3.55. The Labute approximate surface area is 121 Å². The van der Waals surface area contributed by atoms with Crippen LogP contribution in [0, 0.1) is 0 Å². The van der Waals surface area contributed by atoms with Gasteiger partial charge in [-0.1, -0.05) is 18.2 Å². The number of nitrogens with zero attached hydrogens (tertiary/aromatic N) is 4. The average molecular weight is 270 g/mol. The Bertz CT molecular complexity index is 561. The molecule has 20 heavy (non-hydrogen) atoms. The Morgan fingerprint density at radius 1 is 0.950 bits per heavy atom. The lowest BCUT2D eigenvalue weighted by molar-refractivity contribution is 0.321. The van der Waals surface area contributed by atoms with E-state index in [0.717, 1.165) is 17.1 Å². The zero-order chi connectivity index (χ0) is 14.7. The summed E-state index contributed by atoms with van der Waals surface area (Å²) in [5.74, 6) is 0.867. The minimum atomic E-state index is 0.379. The summed E-state index contributed by atoms with van der Waals surface area (Å²) in [5.41, 5.74) is 3.29. The van der Waals surface area contributed by atoms with E-state index in [2.05, 4.69) is 60.4 Å². The van der Waals surface area contributed by atoms with Crippen molar-refractivity contribution in [3.63, 3.8) is 0 Å². The largest absolute Gasteiger partial charge is 0.361 e. The first-order valence-corrected chi connectivity index (χ1v) is 6.77. The van der Waals surface area contributed by atoms with Crippen LogP contribution in [0.3, 0.4) is 0 Å². The molecule has 0 radical (unpaired) electrons. The second kappa shape index (κ2) is 6.01. The lowest BCUT2D eigenvalue weighted by Crippen LogP contribution is -2.16. The Balaban J connectivity index is 2.31. The van der Waals surface area contributed by atoms with E-state index < -0.39 is 0 Å². The molecule has 0 aliphatic heterocycles. The summed E-state index contributed by atoms with van der Waals surface area (Å²) >= 11 is 0. The van der Waals surface area contributed by atoms with Gasteiger partial charge in [0.2, 0.25) is 0 Å². The SMILES string of the molecule is C[C@H](c1cccc(-c2ccc(N(C)C)nn2)c1)N(C)C. The number of anilines is 1. The molecule has 0 spiro atoms. The van der Waals surface area contributed by atoms with E-state index >= 15 is 0 Å². The van der Waals surface area contributed by atoms with Gasteiger partial charge in [0.05, 0.1) is 5.69 Å². The molecule has 4 nitrogen and oxygen atoms in total. The quantitative estimate of drug-likeness (QED) is 0.855. The molecule has 0 amide bonds. The molecule has 2 rings (SSSR count). The van der Waals surface area contributed by atoms with Gasteiger partial charge < -0.3 is 9.80 Å². The van der Waals surface area contributed by atoms with E-state index in [-0.39, 0.29) is 0 Å². The Kier molecular flexibility index (Phi) is 4.35. The van der Waals surface area contributed by atoms with Crippen molar-refractivity contribution in [3.05, 3.63) is 42.0 Å². The van der Waals surface area contributed by atoms with E-state index in [0.29, 0.717) is 6.04 Å².